The van der Waals surface area contributed by atoms with Crippen molar-refractivity contribution < 1.29 is 9.90 Å². The molecule has 1 aliphatic carbocycles. The molecule has 1 atom stereocenters. The van der Waals surface area contributed by atoms with Crippen molar-refractivity contribution in [2.24, 2.45) is 5.92 Å². The van der Waals surface area contributed by atoms with Crippen molar-refractivity contribution in [3.8, 4) is 0 Å². The second-order valence-electron chi connectivity index (χ2n) is 5.12. The number of carbonyl (C=O) groups is 1. The highest BCUT2D eigenvalue weighted by Gasteiger charge is 2.28. The van der Waals surface area contributed by atoms with E-state index in [9.17, 15) is 4.79 Å². The van der Waals surface area contributed by atoms with Gasteiger partial charge in [-0.1, -0.05) is 43.2 Å². The van der Waals surface area contributed by atoms with E-state index in [0.29, 0.717) is 0 Å². The van der Waals surface area contributed by atoms with Gasteiger partial charge in [0.05, 0.1) is 17.8 Å². The standard InChI is InChI=1S/C15H16N2O2/c18-15(19)13-9-16-17(10-13)14(8-11-6-7-11)12-4-2-1-3-5-12/h1-5,9-11,14H,6-8H2,(H,18,19). The molecule has 4 heteroatoms. The molecule has 98 valence electrons. The number of aromatic carboxylic acids is 1. The molecule has 0 spiro atoms. The first-order chi connectivity index (χ1) is 9.24. The Labute approximate surface area is 111 Å². The molecule has 1 fully saturated rings. The summed E-state index contributed by atoms with van der Waals surface area (Å²) < 4.78 is 1.79. The van der Waals surface area contributed by atoms with Crippen molar-refractivity contribution in [2.75, 3.05) is 0 Å². The van der Waals surface area contributed by atoms with Gasteiger partial charge in [-0.3, -0.25) is 4.68 Å². The van der Waals surface area contributed by atoms with E-state index in [1.54, 1.807) is 10.9 Å². The third kappa shape index (κ3) is 2.67. The van der Waals surface area contributed by atoms with Crippen molar-refractivity contribution in [1.29, 1.82) is 0 Å². The lowest BCUT2D eigenvalue weighted by Gasteiger charge is -2.17. The van der Waals surface area contributed by atoms with Crippen LogP contribution in [0.3, 0.4) is 0 Å². The first kappa shape index (κ1) is 12.0. The highest BCUT2D eigenvalue weighted by atomic mass is 16.4. The maximum Gasteiger partial charge on any atom is 0.338 e. The molecule has 0 saturated heterocycles. The van der Waals surface area contributed by atoms with Crippen LogP contribution in [0.4, 0.5) is 0 Å². The van der Waals surface area contributed by atoms with Crippen LogP contribution in [0.2, 0.25) is 0 Å². The SMILES string of the molecule is O=C(O)c1cnn(C(CC2CC2)c2ccccc2)c1. The molecule has 0 bridgehead atoms. The maximum atomic E-state index is 11.0. The van der Waals surface area contributed by atoms with Gasteiger partial charge in [-0.25, -0.2) is 4.79 Å². The van der Waals surface area contributed by atoms with Gasteiger partial charge in [-0.15, -0.1) is 0 Å². The number of aromatic nitrogens is 2. The summed E-state index contributed by atoms with van der Waals surface area (Å²) in [5, 5.41) is 13.2. The van der Waals surface area contributed by atoms with E-state index in [1.807, 2.05) is 18.2 Å². The lowest BCUT2D eigenvalue weighted by Crippen LogP contribution is -2.12. The van der Waals surface area contributed by atoms with Gasteiger partial charge in [0.1, 0.15) is 0 Å². The number of hydrogen-bond donors (Lipinski definition) is 1. The van der Waals surface area contributed by atoms with E-state index < -0.39 is 5.97 Å². The Morgan fingerprint density at radius 3 is 2.68 bits per heavy atom. The molecular weight excluding hydrogens is 240 g/mol. The Kier molecular flexibility index (Phi) is 3.07. The molecule has 4 nitrogen and oxygen atoms in total. The number of rotatable bonds is 5. The average molecular weight is 256 g/mol. The van der Waals surface area contributed by atoms with Gasteiger partial charge in [0.2, 0.25) is 0 Å². The summed E-state index contributed by atoms with van der Waals surface area (Å²) in [4.78, 5) is 11.0. The molecule has 1 aromatic heterocycles. The molecule has 0 aliphatic heterocycles. The van der Waals surface area contributed by atoms with Crippen LogP contribution < -0.4 is 0 Å². The summed E-state index contributed by atoms with van der Waals surface area (Å²) in [5.41, 5.74) is 1.44. The van der Waals surface area contributed by atoms with Crippen LogP contribution in [0.25, 0.3) is 0 Å². The molecule has 0 amide bonds. The lowest BCUT2D eigenvalue weighted by molar-refractivity contribution is 0.0696. The fourth-order valence-corrected chi connectivity index (χ4v) is 2.36. The third-order valence-electron chi connectivity index (χ3n) is 3.61. The molecule has 19 heavy (non-hydrogen) atoms. The number of carboxylic acids is 1. The molecular formula is C15H16N2O2. The summed E-state index contributed by atoms with van der Waals surface area (Å²) in [6.45, 7) is 0. The van der Waals surface area contributed by atoms with Gasteiger partial charge in [0.15, 0.2) is 0 Å². The van der Waals surface area contributed by atoms with Gasteiger partial charge >= 0.3 is 5.97 Å². The summed E-state index contributed by atoms with van der Waals surface area (Å²) in [6, 6.07) is 10.3. The minimum absolute atomic E-state index is 0.141. The quantitative estimate of drug-likeness (QED) is 0.894. The Hall–Kier alpha value is -2.10. The molecule has 1 unspecified atom stereocenters. The zero-order valence-corrected chi connectivity index (χ0v) is 10.6. The zero-order chi connectivity index (χ0) is 13.2. The van der Waals surface area contributed by atoms with E-state index >= 15 is 0 Å². The summed E-state index contributed by atoms with van der Waals surface area (Å²) in [7, 11) is 0. The average Bonchev–Trinajstić information content (AvgIpc) is 3.11. The van der Waals surface area contributed by atoms with Crippen LogP contribution in [-0.4, -0.2) is 20.9 Å². The topological polar surface area (TPSA) is 55.1 Å². The van der Waals surface area contributed by atoms with Gasteiger partial charge in [-0.05, 0) is 17.9 Å². The van der Waals surface area contributed by atoms with Crippen molar-refractivity contribution in [3.05, 3.63) is 53.9 Å². The zero-order valence-electron chi connectivity index (χ0n) is 10.6. The molecule has 0 radical (unpaired) electrons. The fourth-order valence-electron chi connectivity index (χ4n) is 2.36. The van der Waals surface area contributed by atoms with Crippen LogP contribution in [-0.2, 0) is 0 Å². The molecule has 1 aromatic carbocycles. The van der Waals surface area contributed by atoms with Crippen LogP contribution >= 0.6 is 0 Å². The number of nitrogens with zero attached hydrogens (tertiary/aromatic N) is 2. The van der Waals surface area contributed by atoms with Crippen LogP contribution in [0, 0.1) is 5.92 Å². The van der Waals surface area contributed by atoms with Crippen molar-refractivity contribution in [1.82, 2.24) is 9.78 Å². The highest BCUT2D eigenvalue weighted by Crippen LogP contribution is 2.39. The Morgan fingerprint density at radius 2 is 2.11 bits per heavy atom. The minimum atomic E-state index is -0.926. The maximum absolute atomic E-state index is 11.0. The van der Waals surface area contributed by atoms with Gasteiger partial charge in [-0.2, -0.15) is 5.10 Å². The molecule has 1 N–H and O–H groups in total. The van der Waals surface area contributed by atoms with Crippen LogP contribution in [0.15, 0.2) is 42.7 Å². The predicted octanol–water partition coefficient (Wildman–Crippen LogP) is 2.97. The molecule has 1 saturated carbocycles. The van der Waals surface area contributed by atoms with Crippen molar-refractivity contribution >= 4 is 5.97 Å². The van der Waals surface area contributed by atoms with Crippen molar-refractivity contribution in [3.63, 3.8) is 0 Å². The van der Waals surface area contributed by atoms with E-state index in [0.717, 1.165) is 12.3 Å². The van der Waals surface area contributed by atoms with E-state index in [2.05, 4.69) is 17.2 Å². The first-order valence-electron chi connectivity index (χ1n) is 6.56. The first-order valence-corrected chi connectivity index (χ1v) is 6.56. The predicted molar refractivity (Wildman–Crippen MR) is 71.1 cm³/mol. The van der Waals surface area contributed by atoms with E-state index in [1.165, 1.54) is 24.6 Å². The Balaban J connectivity index is 1.91. The second-order valence-corrected chi connectivity index (χ2v) is 5.12. The fraction of sp³-hybridized carbons (Fsp3) is 0.333. The van der Waals surface area contributed by atoms with Gasteiger partial charge < -0.3 is 5.11 Å². The molecule has 3 rings (SSSR count). The van der Waals surface area contributed by atoms with Crippen LogP contribution in [0.5, 0.6) is 0 Å². The Morgan fingerprint density at radius 1 is 1.37 bits per heavy atom. The van der Waals surface area contributed by atoms with E-state index in [4.69, 9.17) is 5.11 Å². The summed E-state index contributed by atoms with van der Waals surface area (Å²) >= 11 is 0. The van der Waals surface area contributed by atoms with Gasteiger partial charge in [0.25, 0.3) is 0 Å². The van der Waals surface area contributed by atoms with Gasteiger partial charge in [0, 0.05) is 6.20 Å². The highest BCUT2D eigenvalue weighted by molar-refractivity contribution is 5.86. The molecule has 2 aromatic rings. The molecule has 1 aliphatic rings. The minimum Gasteiger partial charge on any atom is -0.478 e. The number of carboxylic acid groups (broad SMARTS) is 1. The smallest absolute Gasteiger partial charge is 0.338 e. The lowest BCUT2D eigenvalue weighted by atomic mass is 10.0. The van der Waals surface area contributed by atoms with Crippen LogP contribution in [0.1, 0.15) is 41.2 Å². The largest absolute Gasteiger partial charge is 0.478 e. The normalized spacial score (nSPS) is 16.2. The third-order valence-corrected chi connectivity index (χ3v) is 3.61. The van der Waals surface area contributed by atoms with E-state index in [-0.39, 0.29) is 11.6 Å². The number of benzene rings is 1. The Bertz CT molecular complexity index is 573. The summed E-state index contributed by atoms with van der Waals surface area (Å²) in [5.74, 6) is -0.174. The second kappa shape index (κ2) is 4.88. The summed E-state index contributed by atoms with van der Waals surface area (Å²) in [6.07, 6.45) is 6.63. The molecule has 1 heterocycles. The number of hydrogen-bond acceptors (Lipinski definition) is 2. The monoisotopic (exact) mass is 256 g/mol. The van der Waals surface area contributed by atoms with Crippen molar-refractivity contribution in [2.45, 2.75) is 25.3 Å².